The Labute approximate surface area is 109 Å². The van der Waals surface area contributed by atoms with Crippen molar-refractivity contribution in [2.75, 3.05) is 7.05 Å². The number of rotatable bonds is 3. The number of carbonyl (C=O) groups is 1. The van der Waals surface area contributed by atoms with Gasteiger partial charge in [0.05, 0.1) is 4.90 Å². The lowest BCUT2D eigenvalue weighted by Gasteiger charge is -2.16. The zero-order valence-electron chi connectivity index (χ0n) is 9.56. The summed E-state index contributed by atoms with van der Waals surface area (Å²) in [7, 11) is 2.70. The predicted molar refractivity (Wildman–Crippen MR) is 64.6 cm³/mol. The van der Waals surface area contributed by atoms with Gasteiger partial charge in [0.25, 0.3) is 15.0 Å². The van der Waals surface area contributed by atoms with Gasteiger partial charge in [0.1, 0.15) is 5.82 Å². The molecule has 0 aromatic heterocycles. The van der Waals surface area contributed by atoms with Crippen LogP contribution >= 0.6 is 10.7 Å². The fourth-order valence-electron chi connectivity index (χ4n) is 1.66. The van der Waals surface area contributed by atoms with E-state index in [9.17, 15) is 17.6 Å². The molecule has 0 spiro atoms. The molecule has 0 radical (unpaired) electrons. The third-order valence-electron chi connectivity index (χ3n) is 2.81. The van der Waals surface area contributed by atoms with Gasteiger partial charge in [-0.3, -0.25) is 4.79 Å². The van der Waals surface area contributed by atoms with E-state index in [1.165, 1.54) is 4.90 Å². The lowest BCUT2D eigenvalue weighted by molar-refractivity contribution is 0.0784. The van der Waals surface area contributed by atoms with Crippen LogP contribution in [0, 0.1) is 5.82 Å². The molecule has 1 aliphatic rings. The van der Waals surface area contributed by atoms with E-state index in [2.05, 4.69) is 0 Å². The van der Waals surface area contributed by atoms with Crippen molar-refractivity contribution in [2.45, 2.75) is 23.8 Å². The fraction of sp³-hybridized carbons (Fsp3) is 0.364. The summed E-state index contributed by atoms with van der Waals surface area (Å²) in [6, 6.07) is 3.05. The fourth-order valence-corrected chi connectivity index (χ4v) is 2.45. The van der Waals surface area contributed by atoms with Crippen molar-refractivity contribution in [1.29, 1.82) is 0 Å². The normalized spacial score (nSPS) is 15.5. The minimum Gasteiger partial charge on any atom is -0.339 e. The van der Waals surface area contributed by atoms with Gasteiger partial charge in [0, 0.05) is 29.3 Å². The highest BCUT2D eigenvalue weighted by atomic mass is 35.7. The number of carbonyl (C=O) groups excluding carboxylic acids is 1. The summed E-state index contributed by atoms with van der Waals surface area (Å²) in [5.74, 6) is -1.21. The minimum atomic E-state index is -4.05. The molecule has 1 fully saturated rings. The Kier molecular flexibility index (Phi) is 3.33. The summed E-state index contributed by atoms with van der Waals surface area (Å²) in [5, 5.41) is 0. The second-order valence-electron chi connectivity index (χ2n) is 4.26. The first-order valence-corrected chi connectivity index (χ1v) is 7.62. The predicted octanol–water partition coefficient (Wildman–Crippen LogP) is 1.99. The quantitative estimate of drug-likeness (QED) is 0.800. The van der Waals surface area contributed by atoms with Crippen LogP contribution in [0.15, 0.2) is 23.1 Å². The van der Waals surface area contributed by atoms with Gasteiger partial charge in [0.15, 0.2) is 0 Å². The summed E-state index contributed by atoms with van der Waals surface area (Å²) >= 11 is 0. The second kappa shape index (κ2) is 4.51. The Morgan fingerprint density at radius 1 is 1.39 bits per heavy atom. The van der Waals surface area contributed by atoms with E-state index in [0.29, 0.717) is 0 Å². The smallest absolute Gasteiger partial charge is 0.261 e. The molecule has 1 saturated carbocycles. The van der Waals surface area contributed by atoms with Crippen LogP contribution in [-0.4, -0.2) is 32.3 Å². The van der Waals surface area contributed by atoms with Crippen molar-refractivity contribution in [3.05, 3.63) is 29.6 Å². The first-order valence-electron chi connectivity index (χ1n) is 5.31. The van der Waals surface area contributed by atoms with Crippen LogP contribution in [-0.2, 0) is 9.05 Å². The Morgan fingerprint density at radius 2 is 2.00 bits per heavy atom. The van der Waals surface area contributed by atoms with Gasteiger partial charge in [-0.25, -0.2) is 12.8 Å². The minimum absolute atomic E-state index is 0.0105. The maximum atomic E-state index is 13.3. The van der Waals surface area contributed by atoms with E-state index in [0.717, 1.165) is 31.0 Å². The molecule has 98 valence electrons. The van der Waals surface area contributed by atoms with Crippen LogP contribution in [0.3, 0.4) is 0 Å². The molecule has 1 amide bonds. The van der Waals surface area contributed by atoms with Crippen LogP contribution in [0.5, 0.6) is 0 Å². The number of amides is 1. The third kappa shape index (κ3) is 2.81. The molecule has 0 N–H and O–H groups in total. The Bertz CT molecular complexity index is 598. The van der Waals surface area contributed by atoms with Gasteiger partial charge < -0.3 is 4.90 Å². The maximum absolute atomic E-state index is 13.3. The SMILES string of the molecule is CN(C(=O)c1cc(F)cc(S(=O)(=O)Cl)c1)C1CC1. The van der Waals surface area contributed by atoms with Crippen molar-refractivity contribution in [3.8, 4) is 0 Å². The highest BCUT2D eigenvalue weighted by Gasteiger charge is 2.30. The largest absolute Gasteiger partial charge is 0.339 e. The van der Waals surface area contributed by atoms with Crippen LogP contribution in [0.25, 0.3) is 0 Å². The van der Waals surface area contributed by atoms with Crippen molar-refractivity contribution in [1.82, 2.24) is 4.90 Å². The zero-order valence-corrected chi connectivity index (χ0v) is 11.1. The van der Waals surface area contributed by atoms with Crippen LogP contribution in [0.1, 0.15) is 23.2 Å². The van der Waals surface area contributed by atoms with E-state index < -0.39 is 25.7 Å². The van der Waals surface area contributed by atoms with Gasteiger partial charge in [0.2, 0.25) is 0 Å². The van der Waals surface area contributed by atoms with Gasteiger partial charge >= 0.3 is 0 Å². The number of nitrogens with zero attached hydrogens (tertiary/aromatic N) is 1. The van der Waals surface area contributed by atoms with Crippen LogP contribution < -0.4 is 0 Å². The Morgan fingerprint density at radius 3 is 2.50 bits per heavy atom. The second-order valence-corrected chi connectivity index (χ2v) is 6.83. The number of halogens is 2. The average molecular weight is 292 g/mol. The Hall–Kier alpha value is -1.14. The number of hydrogen-bond acceptors (Lipinski definition) is 3. The maximum Gasteiger partial charge on any atom is 0.261 e. The summed E-state index contributed by atoms with van der Waals surface area (Å²) in [6.45, 7) is 0. The van der Waals surface area contributed by atoms with Crippen molar-refractivity contribution >= 4 is 25.6 Å². The average Bonchev–Trinajstić information content (AvgIpc) is 3.08. The number of benzene rings is 1. The molecular formula is C11H11ClFNO3S. The molecule has 0 aliphatic heterocycles. The lowest BCUT2D eigenvalue weighted by atomic mass is 10.2. The van der Waals surface area contributed by atoms with Gasteiger partial charge in [-0.05, 0) is 31.0 Å². The van der Waals surface area contributed by atoms with Crippen LogP contribution in [0.2, 0.25) is 0 Å². The lowest BCUT2D eigenvalue weighted by Crippen LogP contribution is -2.28. The summed E-state index contributed by atoms with van der Waals surface area (Å²) in [5.41, 5.74) is -0.0105. The first-order chi connectivity index (χ1) is 8.29. The van der Waals surface area contributed by atoms with Crippen molar-refractivity contribution in [3.63, 3.8) is 0 Å². The molecule has 0 atom stereocenters. The third-order valence-corrected chi connectivity index (χ3v) is 4.15. The standard InChI is InChI=1S/C11H11ClFNO3S/c1-14(9-2-3-9)11(15)7-4-8(13)6-10(5-7)18(12,16)17/h4-6,9H,2-3H2,1H3. The van der Waals surface area contributed by atoms with Gasteiger partial charge in [-0.2, -0.15) is 0 Å². The van der Waals surface area contributed by atoms with Crippen molar-refractivity contribution in [2.24, 2.45) is 0 Å². The van der Waals surface area contributed by atoms with E-state index in [1.54, 1.807) is 7.05 Å². The number of hydrogen-bond donors (Lipinski definition) is 0. The first kappa shape index (κ1) is 13.3. The van der Waals surface area contributed by atoms with Gasteiger partial charge in [-0.15, -0.1) is 0 Å². The van der Waals surface area contributed by atoms with E-state index in [4.69, 9.17) is 10.7 Å². The summed E-state index contributed by atoms with van der Waals surface area (Å²) in [4.78, 5) is 13.1. The molecular weight excluding hydrogens is 281 g/mol. The zero-order chi connectivity index (χ0) is 13.5. The highest BCUT2D eigenvalue weighted by Crippen LogP contribution is 2.27. The monoisotopic (exact) mass is 291 g/mol. The van der Waals surface area contributed by atoms with E-state index in [1.807, 2.05) is 0 Å². The molecule has 0 heterocycles. The molecule has 7 heteroatoms. The Balaban J connectivity index is 2.39. The summed E-state index contributed by atoms with van der Waals surface area (Å²) in [6.07, 6.45) is 1.83. The summed E-state index contributed by atoms with van der Waals surface area (Å²) < 4.78 is 35.6. The van der Waals surface area contributed by atoms with Crippen molar-refractivity contribution < 1.29 is 17.6 Å². The van der Waals surface area contributed by atoms with E-state index in [-0.39, 0.29) is 11.6 Å². The molecule has 0 unspecified atom stereocenters. The highest BCUT2D eigenvalue weighted by molar-refractivity contribution is 8.13. The molecule has 1 aromatic carbocycles. The topological polar surface area (TPSA) is 54.5 Å². The van der Waals surface area contributed by atoms with E-state index >= 15 is 0 Å². The molecule has 4 nitrogen and oxygen atoms in total. The van der Waals surface area contributed by atoms with Crippen LogP contribution in [0.4, 0.5) is 4.39 Å². The molecule has 2 rings (SSSR count). The molecule has 0 saturated heterocycles. The molecule has 0 bridgehead atoms. The molecule has 1 aliphatic carbocycles. The molecule has 18 heavy (non-hydrogen) atoms. The van der Waals surface area contributed by atoms with Gasteiger partial charge in [-0.1, -0.05) is 0 Å². The molecule has 1 aromatic rings.